The number of hydrogen-bond acceptors (Lipinski definition) is 3. The molecule has 0 amide bonds. The highest BCUT2D eigenvalue weighted by Gasteiger charge is 2.32. The van der Waals surface area contributed by atoms with Gasteiger partial charge in [0.15, 0.2) is 0 Å². The van der Waals surface area contributed by atoms with Crippen molar-refractivity contribution in [2.75, 3.05) is 0 Å². The molecule has 124 valence electrons. The molecule has 7 heteroatoms. The highest BCUT2D eigenvalue weighted by Crippen LogP contribution is 2.30. The van der Waals surface area contributed by atoms with Crippen molar-refractivity contribution >= 4 is 20.8 Å². The third kappa shape index (κ3) is 3.21. The van der Waals surface area contributed by atoms with Crippen LogP contribution in [0.25, 0.3) is 4.91 Å². The van der Waals surface area contributed by atoms with Crippen molar-refractivity contribution in [2.24, 2.45) is 4.99 Å². The molecule has 0 atom stereocenters. The highest BCUT2D eigenvalue weighted by molar-refractivity contribution is 8.00. The lowest BCUT2D eigenvalue weighted by atomic mass is 10.1. The van der Waals surface area contributed by atoms with E-state index in [1.807, 2.05) is 0 Å². The van der Waals surface area contributed by atoms with Gasteiger partial charge >= 0.3 is 0 Å². The first-order chi connectivity index (χ1) is 11.4. The Morgan fingerprint density at radius 2 is 1.50 bits per heavy atom. The number of sulfonamides is 1. The lowest BCUT2D eigenvalue weighted by Crippen LogP contribution is -2.23. The topological polar surface area (TPSA) is 58.5 Å². The van der Waals surface area contributed by atoms with Crippen LogP contribution in [0.15, 0.2) is 59.1 Å². The van der Waals surface area contributed by atoms with Gasteiger partial charge in [0.05, 0.1) is 6.54 Å². The molecule has 24 heavy (non-hydrogen) atoms. The molecule has 2 aromatic rings. The summed E-state index contributed by atoms with van der Waals surface area (Å²) in [6.07, 6.45) is 0. The van der Waals surface area contributed by atoms with Gasteiger partial charge in [-0.25, -0.2) is 17.2 Å². The van der Waals surface area contributed by atoms with Gasteiger partial charge < -0.3 is 0 Å². The fraction of sp³-hybridized carbons (Fsp3) is 0.118. The Hall–Kier alpha value is -2.54. The Labute approximate surface area is 138 Å². The van der Waals surface area contributed by atoms with E-state index in [1.165, 1.54) is 36.4 Å². The van der Waals surface area contributed by atoms with Gasteiger partial charge in [-0.3, -0.25) is 9.71 Å². The summed E-state index contributed by atoms with van der Waals surface area (Å²) in [6, 6.07) is 11.1. The maximum absolute atomic E-state index is 13.0. The molecule has 1 aliphatic heterocycles. The van der Waals surface area contributed by atoms with E-state index in [0.717, 1.165) is 5.56 Å². The predicted molar refractivity (Wildman–Crippen MR) is 88.6 cm³/mol. The Bertz CT molecular complexity index is 932. The predicted octanol–water partition coefficient (Wildman–Crippen LogP) is 3.23. The van der Waals surface area contributed by atoms with E-state index in [0.29, 0.717) is 11.1 Å². The van der Waals surface area contributed by atoms with Gasteiger partial charge in [-0.2, -0.15) is 0 Å². The SMILES string of the molecule is CC1=C(c2ccc(F)cc2)S(=O)(=O)NC1=NCc1ccc(F)cc1. The van der Waals surface area contributed by atoms with Crippen LogP contribution < -0.4 is 4.72 Å². The summed E-state index contributed by atoms with van der Waals surface area (Å²) in [7, 11) is -3.75. The number of hydrogen-bond donors (Lipinski definition) is 1. The number of amidine groups is 1. The monoisotopic (exact) mass is 348 g/mol. The average molecular weight is 348 g/mol. The van der Waals surface area contributed by atoms with Crippen LogP contribution in [0.3, 0.4) is 0 Å². The third-order valence-corrected chi connectivity index (χ3v) is 5.18. The van der Waals surface area contributed by atoms with Gasteiger partial charge in [0, 0.05) is 5.57 Å². The van der Waals surface area contributed by atoms with Crippen LogP contribution >= 0.6 is 0 Å². The number of nitrogens with zero attached hydrogens (tertiary/aromatic N) is 1. The molecular weight excluding hydrogens is 334 g/mol. The minimum absolute atomic E-state index is 0.0837. The standard InChI is InChI=1S/C17H14F2N2O2S/c1-11-16(13-4-8-15(19)9-5-13)24(22,23)21-17(11)20-10-12-2-6-14(18)7-3-12/h2-9H,10H2,1H3,(H,20,21). The smallest absolute Gasteiger partial charge is 0.263 e. The zero-order valence-corrected chi connectivity index (χ0v) is 13.6. The number of nitrogens with one attached hydrogen (secondary N) is 1. The minimum atomic E-state index is -3.75. The summed E-state index contributed by atoms with van der Waals surface area (Å²) in [5.41, 5.74) is 1.61. The van der Waals surface area contributed by atoms with Gasteiger partial charge in [0.2, 0.25) is 0 Å². The molecule has 0 aliphatic carbocycles. The summed E-state index contributed by atoms with van der Waals surface area (Å²) < 4.78 is 53.0. The van der Waals surface area contributed by atoms with Crippen molar-refractivity contribution in [1.82, 2.24) is 4.72 Å². The molecule has 0 saturated carbocycles. The number of aliphatic imine (C=N–C) groups is 1. The average Bonchev–Trinajstić information content (AvgIpc) is 2.77. The van der Waals surface area contributed by atoms with Crippen LogP contribution in [-0.4, -0.2) is 14.3 Å². The second-order valence-corrected chi connectivity index (χ2v) is 6.98. The fourth-order valence-electron chi connectivity index (χ4n) is 2.45. The van der Waals surface area contributed by atoms with Gasteiger partial charge in [-0.05, 0) is 42.3 Å². The van der Waals surface area contributed by atoms with Crippen molar-refractivity contribution in [3.05, 3.63) is 76.9 Å². The molecule has 1 aliphatic rings. The van der Waals surface area contributed by atoms with Gasteiger partial charge in [-0.15, -0.1) is 0 Å². The zero-order valence-electron chi connectivity index (χ0n) is 12.8. The maximum Gasteiger partial charge on any atom is 0.264 e. The molecule has 4 nitrogen and oxygen atoms in total. The third-order valence-electron chi connectivity index (χ3n) is 3.63. The number of halogens is 2. The van der Waals surface area contributed by atoms with Crippen LogP contribution in [0, 0.1) is 11.6 Å². The molecule has 0 unspecified atom stereocenters. The van der Waals surface area contributed by atoms with E-state index < -0.39 is 15.8 Å². The Kier molecular flexibility index (Phi) is 4.19. The lowest BCUT2D eigenvalue weighted by Gasteiger charge is -2.02. The molecule has 0 saturated heterocycles. The molecule has 0 radical (unpaired) electrons. The molecule has 0 spiro atoms. The van der Waals surface area contributed by atoms with E-state index in [1.54, 1.807) is 19.1 Å². The Morgan fingerprint density at radius 1 is 0.958 bits per heavy atom. The Morgan fingerprint density at radius 3 is 2.08 bits per heavy atom. The summed E-state index contributed by atoms with van der Waals surface area (Å²) in [6.45, 7) is 1.85. The zero-order chi connectivity index (χ0) is 17.3. The van der Waals surface area contributed by atoms with Gasteiger partial charge in [-0.1, -0.05) is 24.3 Å². The van der Waals surface area contributed by atoms with Crippen molar-refractivity contribution in [3.63, 3.8) is 0 Å². The molecule has 0 bridgehead atoms. The van der Waals surface area contributed by atoms with Gasteiger partial charge in [0.1, 0.15) is 22.4 Å². The fourth-order valence-corrected chi connectivity index (χ4v) is 3.97. The van der Waals surface area contributed by atoms with Crippen molar-refractivity contribution in [3.8, 4) is 0 Å². The second kappa shape index (κ2) is 6.16. The largest absolute Gasteiger partial charge is 0.264 e. The number of benzene rings is 2. The molecule has 2 aromatic carbocycles. The maximum atomic E-state index is 13.0. The minimum Gasteiger partial charge on any atom is -0.263 e. The first-order valence-electron chi connectivity index (χ1n) is 7.16. The van der Waals surface area contributed by atoms with Gasteiger partial charge in [0.25, 0.3) is 10.0 Å². The first kappa shape index (κ1) is 16.3. The van der Waals surface area contributed by atoms with Crippen molar-refractivity contribution in [1.29, 1.82) is 0 Å². The van der Waals surface area contributed by atoms with E-state index in [9.17, 15) is 17.2 Å². The quantitative estimate of drug-likeness (QED) is 0.926. The van der Waals surface area contributed by atoms with Crippen molar-refractivity contribution < 1.29 is 17.2 Å². The lowest BCUT2D eigenvalue weighted by molar-refractivity contribution is 0.603. The van der Waals surface area contributed by atoms with Crippen LogP contribution in [0.5, 0.6) is 0 Å². The van der Waals surface area contributed by atoms with Crippen LogP contribution in [-0.2, 0) is 16.6 Å². The first-order valence-corrected chi connectivity index (χ1v) is 8.64. The summed E-state index contributed by atoms with van der Waals surface area (Å²) in [5.74, 6) is -0.549. The molecule has 0 fully saturated rings. The molecular formula is C17H14F2N2O2S. The van der Waals surface area contributed by atoms with Crippen LogP contribution in [0.2, 0.25) is 0 Å². The van der Waals surface area contributed by atoms with Crippen LogP contribution in [0.4, 0.5) is 8.78 Å². The molecule has 1 heterocycles. The molecule has 1 N–H and O–H groups in total. The molecule has 3 rings (SSSR count). The van der Waals surface area contributed by atoms with Crippen LogP contribution in [0.1, 0.15) is 18.1 Å². The van der Waals surface area contributed by atoms with E-state index in [4.69, 9.17) is 0 Å². The van der Waals surface area contributed by atoms with Crippen molar-refractivity contribution in [2.45, 2.75) is 13.5 Å². The van der Waals surface area contributed by atoms with E-state index in [2.05, 4.69) is 9.71 Å². The normalized spacial score (nSPS) is 18.0. The highest BCUT2D eigenvalue weighted by atomic mass is 32.2. The molecule has 0 aromatic heterocycles. The van der Waals surface area contributed by atoms with E-state index >= 15 is 0 Å². The summed E-state index contributed by atoms with van der Waals surface area (Å²) >= 11 is 0. The second-order valence-electron chi connectivity index (χ2n) is 5.36. The van der Waals surface area contributed by atoms with E-state index in [-0.39, 0.29) is 23.1 Å². The summed E-state index contributed by atoms with van der Waals surface area (Å²) in [4.78, 5) is 4.35. The number of rotatable bonds is 3. The summed E-state index contributed by atoms with van der Waals surface area (Å²) in [5, 5.41) is 0. The Balaban J connectivity index is 1.94.